The van der Waals surface area contributed by atoms with E-state index in [1.807, 2.05) is 6.92 Å². The zero-order valence-corrected chi connectivity index (χ0v) is 9.03. The lowest BCUT2D eigenvalue weighted by molar-refractivity contribution is -0.121. The summed E-state index contributed by atoms with van der Waals surface area (Å²) in [5.41, 5.74) is 0.194. The van der Waals surface area contributed by atoms with Crippen LogP contribution in [0.3, 0.4) is 0 Å². The van der Waals surface area contributed by atoms with Gasteiger partial charge < -0.3 is 10.6 Å². The maximum absolute atomic E-state index is 13.2. The average Bonchev–Trinajstić information content (AvgIpc) is 2.18. The monoisotopic (exact) mass is 223 g/mol. The molecule has 0 aromatic carbocycles. The molecule has 0 radical (unpaired) electrons. The van der Waals surface area contributed by atoms with E-state index in [9.17, 15) is 9.18 Å². The Morgan fingerprint density at radius 3 is 3.00 bits per heavy atom. The van der Waals surface area contributed by atoms with Crippen LogP contribution in [0, 0.1) is 17.7 Å². The van der Waals surface area contributed by atoms with E-state index in [-0.39, 0.29) is 17.5 Å². The molecule has 5 heteroatoms. The highest BCUT2D eigenvalue weighted by Gasteiger charge is 2.28. The first kappa shape index (κ1) is 11.0. The van der Waals surface area contributed by atoms with E-state index < -0.39 is 5.82 Å². The number of nitrogens with zero attached hydrogens (tertiary/aromatic N) is 1. The molecule has 1 saturated heterocycles. The van der Waals surface area contributed by atoms with Crippen LogP contribution in [0.2, 0.25) is 0 Å². The van der Waals surface area contributed by atoms with E-state index in [1.165, 1.54) is 12.3 Å². The van der Waals surface area contributed by atoms with Gasteiger partial charge in [-0.15, -0.1) is 0 Å². The largest absolute Gasteiger partial charge is 0.323 e. The summed E-state index contributed by atoms with van der Waals surface area (Å²) in [5.74, 6) is -0.398. The van der Waals surface area contributed by atoms with Crippen LogP contribution in [0.4, 0.5) is 10.1 Å². The number of hydrogen-bond donors (Lipinski definition) is 2. The Morgan fingerprint density at radius 2 is 2.44 bits per heavy atom. The summed E-state index contributed by atoms with van der Waals surface area (Å²) in [4.78, 5) is 15.4. The molecule has 0 spiro atoms. The summed E-state index contributed by atoms with van der Waals surface area (Å²) in [6, 6.07) is 1.46. The number of carbonyl (C=O) groups is 1. The molecule has 2 rings (SSSR count). The van der Waals surface area contributed by atoms with Crippen molar-refractivity contribution in [3.8, 4) is 0 Å². The van der Waals surface area contributed by atoms with Crippen molar-refractivity contribution in [2.45, 2.75) is 6.92 Å². The number of rotatable bonds is 3. The van der Waals surface area contributed by atoms with Crippen molar-refractivity contribution in [2.24, 2.45) is 11.8 Å². The van der Waals surface area contributed by atoms with Gasteiger partial charge in [0.15, 0.2) is 5.82 Å². The Labute approximate surface area is 93.3 Å². The minimum absolute atomic E-state index is 0.103. The van der Waals surface area contributed by atoms with E-state index in [4.69, 9.17) is 0 Å². The summed E-state index contributed by atoms with van der Waals surface area (Å²) in [6.45, 7) is 3.57. The van der Waals surface area contributed by atoms with Crippen LogP contribution in [-0.4, -0.2) is 24.0 Å². The predicted molar refractivity (Wildman–Crippen MR) is 58.3 cm³/mol. The fourth-order valence-corrected chi connectivity index (χ4v) is 1.60. The Morgan fingerprint density at radius 1 is 1.69 bits per heavy atom. The average molecular weight is 223 g/mol. The molecule has 4 nitrogen and oxygen atoms in total. The van der Waals surface area contributed by atoms with Crippen LogP contribution in [0.1, 0.15) is 6.92 Å². The van der Waals surface area contributed by atoms with Gasteiger partial charge in [-0.3, -0.25) is 9.78 Å². The fraction of sp³-hybridized carbons (Fsp3) is 0.455. The van der Waals surface area contributed by atoms with Crippen molar-refractivity contribution in [1.29, 1.82) is 0 Å². The molecule has 2 heterocycles. The molecular formula is C11H14FN3O. The van der Waals surface area contributed by atoms with E-state index in [2.05, 4.69) is 15.6 Å². The first-order valence-electron chi connectivity index (χ1n) is 5.29. The van der Waals surface area contributed by atoms with Crippen LogP contribution in [0.5, 0.6) is 0 Å². The Kier molecular flexibility index (Phi) is 3.14. The Balaban J connectivity index is 1.99. The molecular weight excluding hydrogens is 209 g/mol. The van der Waals surface area contributed by atoms with Crippen molar-refractivity contribution in [3.63, 3.8) is 0 Å². The number of carbonyl (C=O) groups excluding carboxylic acids is 1. The second kappa shape index (κ2) is 4.57. The van der Waals surface area contributed by atoms with Gasteiger partial charge in [-0.1, -0.05) is 6.92 Å². The quantitative estimate of drug-likeness (QED) is 0.804. The van der Waals surface area contributed by atoms with Crippen LogP contribution < -0.4 is 10.6 Å². The molecule has 1 aliphatic heterocycles. The maximum Gasteiger partial charge on any atom is 0.227 e. The minimum atomic E-state index is -0.505. The molecule has 1 amide bonds. The molecule has 86 valence electrons. The normalized spacial score (nSPS) is 17.6. The molecule has 1 fully saturated rings. The molecule has 1 aliphatic rings. The van der Waals surface area contributed by atoms with Crippen molar-refractivity contribution in [1.82, 2.24) is 10.3 Å². The smallest absolute Gasteiger partial charge is 0.227 e. The van der Waals surface area contributed by atoms with Crippen molar-refractivity contribution in [2.75, 3.05) is 18.4 Å². The standard InChI is InChI=1S/C11H14FN3O/c1-7(8-4-14-5-8)11(16)15-10-2-3-13-6-9(10)12/h2-3,6-8,14H,4-5H2,1H3,(H,13,15,16). The molecule has 1 atom stereocenters. The third-order valence-electron chi connectivity index (χ3n) is 2.96. The summed E-state index contributed by atoms with van der Waals surface area (Å²) >= 11 is 0. The second-order valence-corrected chi connectivity index (χ2v) is 4.05. The Bertz CT molecular complexity index is 393. The van der Waals surface area contributed by atoms with Gasteiger partial charge >= 0.3 is 0 Å². The molecule has 0 saturated carbocycles. The highest BCUT2D eigenvalue weighted by molar-refractivity contribution is 5.92. The van der Waals surface area contributed by atoms with Crippen molar-refractivity contribution >= 4 is 11.6 Å². The van der Waals surface area contributed by atoms with Gasteiger partial charge in [-0.05, 0) is 25.1 Å². The SMILES string of the molecule is CC(C(=O)Nc1ccncc1F)C1CNC1. The Hall–Kier alpha value is -1.49. The minimum Gasteiger partial charge on any atom is -0.323 e. The highest BCUT2D eigenvalue weighted by atomic mass is 19.1. The molecule has 1 unspecified atom stereocenters. The lowest BCUT2D eigenvalue weighted by Crippen LogP contribution is -2.48. The first-order valence-corrected chi connectivity index (χ1v) is 5.29. The number of amides is 1. The number of pyridine rings is 1. The summed E-state index contributed by atoms with van der Waals surface area (Å²) < 4.78 is 13.2. The highest BCUT2D eigenvalue weighted by Crippen LogP contribution is 2.19. The number of hydrogen-bond acceptors (Lipinski definition) is 3. The van der Waals surface area contributed by atoms with Gasteiger partial charge in [0.2, 0.25) is 5.91 Å². The van der Waals surface area contributed by atoms with E-state index in [1.54, 1.807) is 0 Å². The van der Waals surface area contributed by atoms with E-state index in [0.717, 1.165) is 19.3 Å². The second-order valence-electron chi connectivity index (χ2n) is 4.05. The number of anilines is 1. The van der Waals surface area contributed by atoms with Gasteiger partial charge in [-0.25, -0.2) is 4.39 Å². The zero-order valence-electron chi connectivity index (χ0n) is 9.03. The summed E-state index contributed by atoms with van der Waals surface area (Å²) in [5, 5.41) is 5.69. The topological polar surface area (TPSA) is 54.0 Å². The molecule has 1 aromatic rings. The third-order valence-corrected chi connectivity index (χ3v) is 2.96. The molecule has 0 bridgehead atoms. The first-order chi connectivity index (χ1) is 7.68. The van der Waals surface area contributed by atoms with Gasteiger partial charge in [0.1, 0.15) is 0 Å². The van der Waals surface area contributed by atoms with Crippen LogP contribution in [-0.2, 0) is 4.79 Å². The van der Waals surface area contributed by atoms with E-state index in [0.29, 0.717) is 5.92 Å². The van der Waals surface area contributed by atoms with Crippen LogP contribution in [0.15, 0.2) is 18.5 Å². The van der Waals surface area contributed by atoms with Crippen molar-refractivity contribution < 1.29 is 9.18 Å². The third kappa shape index (κ3) is 2.19. The molecule has 2 N–H and O–H groups in total. The van der Waals surface area contributed by atoms with Crippen LogP contribution in [0.25, 0.3) is 0 Å². The lowest BCUT2D eigenvalue weighted by atomic mass is 9.88. The number of halogens is 1. The number of nitrogens with one attached hydrogen (secondary N) is 2. The van der Waals surface area contributed by atoms with Gasteiger partial charge in [0.05, 0.1) is 11.9 Å². The summed E-state index contributed by atoms with van der Waals surface area (Å²) in [7, 11) is 0. The fourth-order valence-electron chi connectivity index (χ4n) is 1.60. The van der Waals surface area contributed by atoms with E-state index >= 15 is 0 Å². The molecule has 16 heavy (non-hydrogen) atoms. The molecule has 0 aliphatic carbocycles. The van der Waals surface area contributed by atoms with Crippen molar-refractivity contribution in [3.05, 3.63) is 24.3 Å². The van der Waals surface area contributed by atoms with Gasteiger partial charge in [0.25, 0.3) is 0 Å². The van der Waals surface area contributed by atoms with Gasteiger partial charge in [0, 0.05) is 12.1 Å². The van der Waals surface area contributed by atoms with Gasteiger partial charge in [-0.2, -0.15) is 0 Å². The summed E-state index contributed by atoms with van der Waals surface area (Å²) in [6.07, 6.45) is 2.54. The predicted octanol–water partition coefficient (Wildman–Crippen LogP) is 1.01. The number of aromatic nitrogens is 1. The maximum atomic E-state index is 13.2. The zero-order chi connectivity index (χ0) is 11.5. The lowest BCUT2D eigenvalue weighted by Gasteiger charge is -2.31. The molecule has 1 aromatic heterocycles. The van der Waals surface area contributed by atoms with Crippen LogP contribution >= 0.6 is 0 Å².